The van der Waals surface area contributed by atoms with Crippen molar-refractivity contribution in [2.45, 2.75) is 27.2 Å². The van der Waals surface area contributed by atoms with Gasteiger partial charge < -0.3 is 10.4 Å². The van der Waals surface area contributed by atoms with Crippen LogP contribution in [0.2, 0.25) is 0 Å². The summed E-state index contributed by atoms with van der Waals surface area (Å²) in [6.45, 7) is 5.62. The average molecular weight is 314 g/mol. The van der Waals surface area contributed by atoms with Crippen molar-refractivity contribution in [2.75, 3.05) is 5.32 Å². The van der Waals surface area contributed by atoms with Crippen LogP contribution in [-0.4, -0.2) is 17.0 Å². The largest absolute Gasteiger partial charge is 0.478 e. The summed E-state index contributed by atoms with van der Waals surface area (Å²) in [5.41, 5.74) is 0.128. The molecule has 4 nitrogen and oxygen atoms in total. The zero-order chi connectivity index (χ0) is 13.9. The summed E-state index contributed by atoms with van der Waals surface area (Å²) < 4.78 is 0.660. The molecule has 0 fully saturated rings. The predicted octanol–water partition coefficient (Wildman–Crippen LogP) is 3.52. The zero-order valence-corrected chi connectivity index (χ0v) is 12.2. The smallest absolute Gasteiger partial charge is 0.335 e. The Kier molecular flexibility index (Phi) is 4.51. The third-order valence-electron chi connectivity index (χ3n) is 2.96. The van der Waals surface area contributed by atoms with E-state index in [-0.39, 0.29) is 11.5 Å². The molecule has 0 saturated heterocycles. The van der Waals surface area contributed by atoms with E-state index in [2.05, 4.69) is 21.2 Å². The molecule has 0 heterocycles. The summed E-state index contributed by atoms with van der Waals surface area (Å²) in [5.74, 6) is -1.15. The number of carbonyl (C=O) groups excluding carboxylic acids is 1. The third-order valence-corrected chi connectivity index (χ3v) is 3.65. The number of carboxylic acids is 1. The lowest BCUT2D eigenvalue weighted by Crippen LogP contribution is -2.30. The Morgan fingerprint density at radius 2 is 2.00 bits per heavy atom. The molecule has 0 atom stereocenters. The number of carboxylic acid groups (broad SMARTS) is 1. The van der Waals surface area contributed by atoms with Crippen molar-refractivity contribution in [3.05, 3.63) is 28.2 Å². The van der Waals surface area contributed by atoms with Gasteiger partial charge in [-0.1, -0.05) is 20.8 Å². The fraction of sp³-hybridized carbons (Fsp3) is 0.385. The van der Waals surface area contributed by atoms with Crippen molar-refractivity contribution in [2.24, 2.45) is 5.41 Å². The SMILES string of the molecule is CCC(C)(C)C(=O)Nc1cc(C(=O)O)ccc1Br. The molecule has 0 aliphatic rings. The van der Waals surface area contributed by atoms with Gasteiger partial charge in [0.25, 0.3) is 0 Å². The van der Waals surface area contributed by atoms with Gasteiger partial charge in [-0.15, -0.1) is 0 Å². The van der Waals surface area contributed by atoms with Crippen LogP contribution in [0.25, 0.3) is 0 Å². The van der Waals surface area contributed by atoms with E-state index in [0.717, 1.165) is 0 Å². The first kappa shape index (κ1) is 14.7. The Bertz CT molecular complexity index is 483. The first-order valence-corrected chi connectivity index (χ1v) is 6.41. The monoisotopic (exact) mass is 313 g/mol. The molecular formula is C13H16BrNO3. The fourth-order valence-corrected chi connectivity index (χ4v) is 1.55. The highest BCUT2D eigenvalue weighted by Gasteiger charge is 2.25. The quantitative estimate of drug-likeness (QED) is 0.893. The molecule has 0 radical (unpaired) electrons. The number of carbonyl (C=O) groups is 2. The number of nitrogens with one attached hydrogen (secondary N) is 1. The Morgan fingerprint density at radius 3 is 2.50 bits per heavy atom. The number of hydrogen-bond acceptors (Lipinski definition) is 2. The van der Waals surface area contributed by atoms with Gasteiger partial charge in [-0.25, -0.2) is 4.79 Å². The summed E-state index contributed by atoms with van der Waals surface area (Å²) in [7, 11) is 0. The molecule has 1 aromatic rings. The molecule has 0 aliphatic carbocycles. The van der Waals surface area contributed by atoms with E-state index in [1.807, 2.05) is 20.8 Å². The molecule has 0 saturated carbocycles. The highest BCUT2D eigenvalue weighted by atomic mass is 79.9. The summed E-state index contributed by atoms with van der Waals surface area (Å²) >= 11 is 3.29. The number of benzene rings is 1. The lowest BCUT2D eigenvalue weighted by Gasteiger charge is -2.22. The highest BCUT2D eigenvalue weighted by Crippen LogP contribution is 2.27. The maximum absolute atomic E-state index is 12.0. The molecule has 0 unspecified atom stereocenters. The second-order valence-electron chi connectivity index (χ2n) is 4.69. The lowest BCUT2D eigenvalue weighted by molar-refractivity contribution is -0.124. The van der Waals surface area contributed by atoms with Crippen molar-refractivity contribution < 1.29 is 14.7 Å². The van der Waals surface area contributed by atoms with E-state index >= 15 is 0 Å². The number of aromatic carboxylic acids is 1. The fourth-order valence-electron chi connectivity index (χ4n) is 1.21. The summed E-state index contributed by atoms with van der Waals surface area (Å²) in [6.07, 6.45) is 0.703. The minimum atomic E-state index is -1.02. The molecule has 0 bridgehead atoms. The molecule has 1 aromatic carbocycles. The van der Waals surface area contributed by atoms with Crippen LogP contribution in [-0.2, 0) is 4.79 Å². The molecule has 5 heteroatoms. The van der Waals surface area contributed by atoms with Gasteiger partial charge >= 0.3 is 5.97 Å². The maximum Gasteiger partial charge on any atom is 0.335 e. The molecule has 18 heavy (non-hydrogen) atoms. The van der Waals surface area contributed by atoms with Crippen molar-refractivity contribution in [1.29, 1.82) is 0 Å². The van der Waals surface area contributed by atoms with Crippen LogP contribution in [0, 0.1) is 5.41 Å². The normalized spacial score (nSPS) is 11.1. The van der Waals surface area contributed by atoms with Gasteiger partial charge in [-0.05, 0) is 40.5 Å². The molecule has 0 aliphatic heterocycles. The minimum absolute atomic E-state index is 0.131. The summed E-state index contributed by atoms with van der Waals surface area (Å²) in [4.78, 5) is 22.9. The first-order valence-electron chi connectivity index (χ1n) is 5.62. The predicted molar refractivity (Wildman–Crippen MR) is 73.8 cm³/mol. The van der Waals surface area contributed by atoms with E-state index in [1.165, 1.54) is 12.1 Å². The summed E-state index contributed by atoms with van der Waals surface area (Å²) in [5, 5.41) is 11.7. The highest BCUT2D eigenvalue weighted by molar-refractivity contribution is 9.10. The van der Waals surface area contributed by atoms with Gasteiger partial charge in [0.1, 0.15) is 0 Å². The van der Waals surface area contributed by atoms with Crippen molar-refractivity contribution >= 4 is 33.5 Å². The standard InChI is InChI=1S/C13H16BrNO3/c1-4-13(2,3)12(18)15-10-7-8(11(16)17)5-6-9(10)14/h5-7H,4H2,1-3H3,(H,15,18)(H,16,17). The number of rotatable bonds is 4. The molecule has 0 spiro atoms. The van der Waals surface area contributed by atoms with Gasteiger partial charge in [-0.2, -0.15) is 0 Å². The van der Waals surface area contributed by atoms with Gasteiger partial charge in [0.05, 0.1) is 11.3 Å². The Hall–Kier alpha value is -1.36. The number of amides is 1. The molecular weight excluding hydrogens is 298 g/mol. The van der Waals surface area contributed by atoms with Crippen LogP contribution in [0.15, 0.2) is 22.7 Å². The number of hydrogen-bond donors (Lipinski definition) is 2. The molecule has 2 N–H and O–H groups in total. The first-order chi connectivity index (χ1) is 8.27. The topological polar surface area (TPSA) is 66.4 Å². The number of anilines is 1. The van der Waals surface area contributed by atoms with Crippen LogP contribution in [0.1, 0.15) is 37.6 Å². The average Bonchev–Trinajstić information content (AvgIpc) is 2.31. The lowest BCUT2D eigenvalue weighted by atomic mass is 9.89. The molecule has 0 aromatic heterocycles. The second kappa shape index (κ2) is 5.52. The van der Waals surface area contributed by atoms with Gasteiger partial charge in [0.15, 0.2) is 0 Å². The molecule has 1 rings (SSSR count). The van der Waals surface area contributed by atoms with Gasteiger partial charge in [0, 0.05) is 9.89 Å². The van der Waals surface area contributed by atoms with Gasteiger partial charge in [-0.3, -0.25) is 4.79 Å². The van der Waals surface area contributed by atoms with Crippen LogP contribution in [0.5, 0.6) is 0 Å². The third kappa shape index (κ3) is 3.32. The Labute approximate surface area is 115 Å². The van der Waals surface area contributed by atoms with E-state index < -0.39 is 11.4 Å². The minimum Gasteiger partial charge on any atom is -0.478 e. The van der Waals surface area contributed by atoms with E-state index in [1.54, 1.807) is 6.07 Å². The number of halogens is 1. The van der Waals surface area contributed by atoms with Crippen molar-refractivity contribution in [3.63, 3.8) is 0 Å². The van der Waals surface area contributed by atoms with E-state index in [4.69, 9.17) is 5.11 Å². The molecule has 98 valence electrons. The van der Waals surface area contributed by atoms with Gasteiger partial charge in [0.2, 0.25) is 5.91 Å². The van der Waals surface area contributed by atoms with Crippen molar-refractivity contribution in [3.8, 4) is 0 Å². The zero-order valence-electron chi connectivity index (χ0n) is 10.6. The van der Waals surface area contributed by atoms with Crippen LogP contribution in [0.4, 0.5) is 5.69 Å². The maximum atomic E-state index is 12.0. The second-order valence-corrected chi connectivity index (χ2v) is 5.55. The Morgan fingerprint density at radius 1 is 1.39 bits per heavy atom. The van der Waals surface area contributed by atoms with E-state index in [9.17, 15) is 9.59 Å². The van der Waals surface area contributed by atoms with E-state index in [0.29, 0.717) is 16.6 Å². The molecule has 1 amide bonds. The van der Waals surface area contributed by atoms with Crippen molar-refractivity contribution in [1.82, 2.24) is 0 Å². The summed E-state index contributed by atoms with van der Waals surface area (Å²) in [6, 6.07) is 4.53. The Balaban J connectivity index is 3.01. The van der Waals surface area contributed by atoms with Crippen LogP contribution < -0.4 is 5.32 Å². The van der Waals surface area contributed by atoms with Crippen LogP contribution in [0.3, 0.4) is 0 Å². The van der Waals surface area contributed by atoms with Crippen LogP contribution >= 0.6 is 15.9 Å².